The molecule has 4 aromatic rings. The molecule has 0 aliphatic carbocycles. The predicted octanol–water partition coefficient (Wildman–Crippen LogP) is 6.62. The van der Waals surface area contributed by atoms with E-state index in [1.807, 2.05) is 13.8 Å². The minimum Gasteiger partial charge on any atom is -0.420 e. The standard InChI is InChI=1S/C51H52F4N4O12/c1-28-18-20-68-40-26-56-24-34(38(60)16-12-30-10-14-32(52)22-36(30)54)46(64)48(44(56)50(66)58(28)40)70-42(62)8-6-4-3-5-7-9-43(63)71-49-45-51(67)59-29(2)19-21-69-41(59)27-57(45)25-35(47(49)65)39(61)17-13-31-11-15-33(53)23-37(31)55/h10-11,14-15,22-25,28-29,40-41H,3-9,12-13,16-21,26-27H2,1-2H3/t28-,29-,40+,41+/m1/s1. The van der Waals surface area contributed by atoms with Crippen molar-refractivity contribution >= 4 is 35.3 Å². The molecule has 2 saturated heterocycles. The monoisotopic (exact) mass is 988 g/mol. The van der Waals surface area contributed by atoms with Gasteiger partial charge in [0, 0.05) is 62.3 Å². The van der Waals surface area contributed by atoms with Gasteiger partial charge in [0.2, 0.25) is 22.4 Å². The molecule has 2 amide bonds. The minimum atomic E-state index is -0.984. The number of nitrogens with zero attached hydrogens (tertiary/aromatic N) is 4. The van der Waals surface area contributed by atoms with Gasteiger partial charge in [0.15, 0.2) is 35.4 Å². The third kappa shape index (κ3) is 10.9. The maximum absolute atomic E-state index is 14.4. The number of ketones is 2. The van der Waals surface area contributed by atoms with E-state index in [4.69, 9.17) is 18.9 Å². The minimum absolute atomic E-state index is 0.0388. The summed E-state index contributed by atoms with van der Waals surface area (Å²) in [5, 5.41) is 0. The van der Waals surface area contributed by atoms with Crippen molar-refractivity contribution in [1.82, 2.24) is 18.9 Å². The molecule has 376 valence electrons. The zero-order valence-electron chi connectivity index (χ0n) is 39.1. The first-order valence-corrected chi connectivity index (χ1v) is 23.8. The number of esters is 2. The van der Waals surface area contributed by atoms with E-state index >= 15 is 0 Å². The second-order valence-corrected chi connectivity index (χ2v) is 18.3. The molecule has 4 atom stereocenters. The number of benzene rings is 2. The molecular weight excluding hydrogens is 937 g/mol. The van der Waals surface area contributed by atoms with Crippen molar-refractivity contribution in [2.45, 2.75) is 135 Å². The molecule has 0 N–H and O–H groups in total. The third-order valence-electron chi connectivity index (χ3n) is 13.4. The van der Waals surface area contributed by atoms with Crippen LogP contribution >= 0.6 is 0 Å². The summed E-state index contributed by atoms with van der Waals surface area (Å²) >= 11 is 0. The first-order chi connectivity index (χ1) is 34.0. The number of carbonyl (C=O) groups is 6. The highest BCUT2D eigenvalue weighted by Gasteiger charge is 2.43. The Balaban J connectivity index is 0.886. The van der Waals surface area contributed by atoms with Gasteiger partial charge in [-0.2, -0.15) is 0 Å². The van der Waals surface area contributed by atoms with Crippen molar-refractivity contribution in [2.75, 3.05) is 13.2 Å². The lowest BCUT2D eigenvalue weighted by molar-refractivity contribution is -0.135. The number of halogens is 4. The molecule has 16 nitrogen and oxygen atoms in total. The SMILES string of the molecule is C[C@@H]1CCO[C@H]2Cn3cc(C(=O)CCc4ccc(F)cc4F)c(=O)c(OC(=O)CCCCCCCC(=O)Oc4c5n(cc(C(=O)CCc6ccc(F)cc6F)c4=O)C[C@@H]4OCC[C@@H](C)N4C5=O)c3C(=O)N12. The third-order valence-corrected chi connectivity index (χ3v) is 13.4. The van der Waals surface area contributed by atoms with Gasteiger partial charge < -0.3 is 37.9 Å². The largest absolute Gasteiger partial charge is 0.420 e. The topological polar surface area (TPSA) is 190 Å². The number of Topliss-reactive ketones (excluding diaryl/α,β-unsaturated/α-hetero) is 2. The second-order valence-electron chi connectivity index (χ2n) is 18.3. The van der Waals surface area contributed by atoms with E-state index in [0.29, 0.717) is 57.5 Å². The van der Waals surface area contributed by atoms with Crippen molar-refractivity contribution in [3.63, 3.8) is 0 Å². The van der Waals surface area contributed by atoms with Gasteiger partial charge in [0.1, 0.15) is 23.3 Å². The van der Waals surface area contributed by atoms with Crippen molar-refractivity contribution < 1.29 is 65.3 Å². The summed E-state index contributed by atoms with van der Waals surface area (Å²) < 4.78 is 81.3. The highest BCUT2D eigenvalue weighted by Crippen LogP contribution is 2.33. The normalized spacial score (nSPS) is 19.4. The average molecular weight is 989 g/mol. The van der Waals surface area contributed by atoms with Gasteiger partial charge in [0.05, 0.1) is 37.4 Å². The summed E-state index contributed by atoms with van der Waals surface area (Å²) in [5.41, 5.74) is -3.04. The van der Waals surface area contributed by atoms with Crippen molar-refractivity contribution in [3.8, 4) is 11.5 Å². The van der Waals surface area contributed by atoms with E-state index in [1.54, 1.807) is 0 Å². The van der Waals surface area contributed by atoms with E-state index in [9.17, 15) is 55.9 Å². The van der Waals surface area contributed by atoms with Gasteiger partial charge in [-0.1, -0.05) is 31.4 Å². The molecule has 6 heterocycles. The Hall–Kier alpha value is -6.80. The Morgan fingerprint density at radius 1 is 0.577 bits per heavy atom. The van der Waals surface area contributed by atoms with Crippen LogP contribution in [0.3, 0.4) is 0 Å². The van der Waals surface area contributed by atoms with Gasteiger partial charge in [-0.25, -0.2) is 17.6 Å². The smallest absolute Gasteiger partial charge is 0.311 e. The summed E-state index contributed by atoms with van der Waals surface area (Å²) in [6, 6.07) is 5.36. The molecule has 0 radical (unpaired) electrons. The number of pyridine rings is 2. The maximum atomic E-state index is 14.4. The first kappa shape index (κ1) is 50.6. The van der Waals surface area contributed by atoms with Crippen molar-refractivity contribution in [1.29, 1.82) is 0 Å². The molecule has 4 aliphatic rings. The van der Waals surface area contributed by atoms with Crippen LogP contribution in [0, 0.1) is 23.3 Å². The van der Waals surface area contributed by atoms with Crippen LogP contribution in [0.25, 0.3) is 0 Å². The molecule has 8 rings (SSSR count). The van der Waals surface area contributed by atoms with Crippen molar-refractivity contribution in [2.24, 2.45) is 0 Å². The van der Waals surface area contributed by atoms with E-state index in [1.165, 1.54) is 43.5 Å². The number of fused-ring (bicyclic) bond motifs is 4. The van der Waals surface area contributed by atoms with Crippen LogP contribution in [-0.4, -0.2) is 92.0 Å². The number of hydrogen-bond acceptors (Lipinski definition) is 12. The lowest BCUT2D eigenvalue weighted by Crippen LogP contribution is -2.57. The first-order valence-electron chi connectivity index (χ1n) is 23.8. The summed E-state index contributed by atoms with van der Waals surface area (Å²) in [5.74, 6) is -8.82. The number of aromatic nitrogens is 2. The van der Waals surface area contributed by atoms with Gasteiger partial charge in [-0.05, 0) is 75.6 Å². The Morgan fingerprint density at radius 2 is 0.972 bits per heavy atom. The molecule has 0 saturated carbocycles. The number of carbonyl (C=O) groups excluding carboxylic acids is 6. The summed E-state index contributed by atoms with van der Waals surface area (Å²) in [6.07, 6.45) is 2.76. The molecule has 2 aromatic carbocycles. The van der Waals surface area contributed by atoms with Crippen LogP contribution in [0.15, 0.2) is 58.4 Å². The average Bonchev–Trinajstić information content (AvgIpc) is 3.32. The van der Waals surface area contributed by atoms with Crippen LogP contribution in [0.5, 0.6) is 11.5 Å². The van der Waals surface area contributed by atoms with Crippen LogP contribution in [0.4, 0.5) is 17.6 Å². The maximum Gasteiger partial charge on any atom is 0.311 e. The zero-order chi connectivity index (χ0) is 50.7. The van der Waals surface area contributed by atoms with Gasteiger partial charge in [-0.3, -0.25) is 38.4 Å². The molecule has 0 spiro atoms. The number of hydrogen-bond donors (Lipinski definition) is 0. The Morgan fingerprint density at radius 3 is 1.37 bits per heavy atom. The molecule has 2 fully saturated rings. The number of unbranched alkanes of at least 4 members (excludes halogenated alkanes) is 4. The molecule has 0 unspecified atom stereocenters. The molecule has 71 heavy (non-hydrogen) atoms. The van der Waals surface area contributed by atoms with E-state index in [0.717, 1.165) is 12.1 Å². The fourth-order valence-corrected chi connectivity index (χ4v) is 9.49. The molecule has 0 bridgehead atoms. The van der Waals surface area contributed by atoms with Gasteiger partial charge >= 0.3 is 11.9 Å². The number of rotatable bonds is 18. The highest BCUT2D eigenvalue weighted by molar-refractivity contribution is 6.02. The van der Waals surface area contributed by atoms with Gasteiger partial charge in [0.25, 0.3) is 11.8 Å². The molecule has 2 aromatic heterocycles. The Bertz CT molecular complexity index is 2730. The fraction of sp³-hybridized carbons (Fsp3) is 0.451. The van der Waals surface area contributed by atoms with Crippen LogP contribution < -0.4 is 20.3 Å². The number of ether oxygens (including phenoxy) is 4. The summed E-state index contributed by atoms with van der Waals surface area (Å²) in [7, 11) is 0. The Kier molecular flexibility index (Phi) is 15.4. The lowest BCUT2D eigenvalue weighted by Gasteiger charge is -2.44. The predicted molar refractivity (Wildman–Crippen MR) is 243 cm³/mol. The van der Waals surface area contributed by atoms with Crippen LogP contribution in [-0.2, 0) is 45.0 Å². The van der Waals surface area contributed by atoms with Crippen LogP contribution in [0.2, 0.25) is 0 Å². The second kappa shape index (κ2) is 21.7. The Labute approximate surface area is 404 Å². The van der Waals surface area contributed by atoms with E-state index < -0.39 is 93.4 Å². The molecule has 4 aliphatic heterocycles. The van der Waals surface area contributed by atoms with Gasteiger partial charge in [-0.15, -0.1) is 0 Å². The quantitative estimate of drug-likeness (QED) is 0.0449. The number of aryl methyl sites for hydroxylation is 2. The molecule has 20 heteroatoms. The van der Waals surface area contributed by atoms with Crippen LogP contribution in [0.1, 0.15) is 137 Å². The van der Waals surface area contributed by atoms with E-state index in [2.05, 4.69) is 0 Å². The summed E-state index contributed by atoms with van der Waals surface area (Å²) in [4.78, 5) is 112. The summed E-state index contributed by atoms with van der Waals surface area (Å²) in [6.45, 7) is 4.48. The number of amides is 2. The zero-order valence-corrected chi connectivity index (χ0v) is 39.1. The lowest BCUT2D eigenvalue weighted by atomic mass is 10.0. The molecular formula is C51H52F4N4O12. The fourth-order valence-electron chi connectivity index (χ4n) is 9.49. The highest BCUT2D eigenvalue weighted by atomic mass is 19.1. The van der Waals surface area contributed by atoms with E-state index in [-0.39, 0.29) is 110 Å². The van der Waals surface area contributed by atoms with Crippen molar-refractivity contribution in [3.05, 3.63) is 126 Å².